The summed E-state index contributed by atoms with van der Waals surface area (Å²) in [5, 5.41) is 1.93. The van der Waals surface area contributed by atoms with Crippen molar-refractivity contribution in [1.29, 1.82) is 0 Å². The average molecular weight is 332 g/mol. The molecule has 4 nitrogen and oxygen atoms in total. The van der Waals surface area contributed by atoms with Crippen LogP contribution in [0.5, 0.6) is 0 Å². The fourth-order valence-electron chi connectivity index (χ4n) is 3.06. The Hall–Kier alpha value is -1.53. The summed E-state index contributed by atoms with van der Waals surface area (Å²) in [6.45, 7) is 7.22. The van der Waals surface area contributed by atoms with Gasteiger partial charge in [0.1, 0.15) is 12.0 Å². The first-order valence-corrected chi connectivity index (χ1v) is 7.85. The molecular formula is C16H23F3N2O2. The lowest BCUT2D eigenvalue weighted by Crippen LogP contribution is -2.55. The van der Waals surface area contributed by atoms with Gasteiger partial charge in [-0.05, 0) is 24.7 Å². The Morgan fingerprint density at radius 3 is 2.35 bits per heavy atom. The summed E-state index contributed by atoms with van der Waals surface area (Å²) < 4.78 is 37.9. The summed E-state index contributed by atoms with van der Waals surface area (Å²) >= 11 is 0. The van der Waals surface area contributed by atoms with Crippen molar-refractivity contribution in [2.24, 2.45) is 11.3 Å². The zero-order valence-corrected chi connectivity index (χ0v) is 13.7. The average Bonchev–Trinajstić information content (AvgIpc) is 2.45. The van der Waals surface area contributed by atoms with Gasteiger partial charge >= 0.3 is 6.18 Å². The minimum atomic E-state index is -4.46. The monoisotopic (exact) mass is 332 g/mol. The van der Waals surface area contributed by atoms with Crippen molar-refractivity contribution in [3.05, 3.63) is 11.6 Å². The number of amides is 2. The highest BCUT2D eigenvalue weighted by atomic mass is 19.4. The molecule has 0 aromatic carbocycles. The van der Waals surface area contributed by atoms with Gasteiger partial charge in [-0.3, -0.25) is 9.59 Å². The maximum Gasteiger partial charge on any atom is 0.408 e. The van der Waals surface area contributed by atoms with Crippen molar-refractivity contribution >= 4 is 11.8 Å². The number of nitrogens with one attached hydrogen (secondary N) is 1. The number of hydrogen-bond acceptors (Lipinski definition) is 2. The zero-order valence-electron chi connectivity index (χ0n) is 13.7. The van der Waals surface area contributed by atoms with Gasteiger partial charge in [0.25, 0.3) is 0 Å². The van der Waals surface area contributed by atoms with Crippen LogP contribution in [0.1, 0.15) is 40.0 Å². The van der Waals surface area contributed by atoms with Crippen LogP contribution in [0, 0.1) is 11.3 Å². The van der Waals surface area contributed by atoms with Crippen LogP contribution in [0.15, 0.2) is 11.6 Å². The van der Waals surface area contributed by atoms with E-state index in [1.54, 1.807) is 4.90 Å². The Bertz CT molecular complexity index is 520. The summed E-state index contributed by atoms with van der Waals surface area (Å²) in [6.07, 6.45) is -2.04. The molecule has 2 atom stereocenters. The molecular weight excluding hydrogens is 309 g/mol. The number of rotatable bonds is 1. The Kier molecular flexibility index (Phi) is 4.78. The van der Waals surface area contributed by atoms with E-state index in [4.69, 9.17) is 0 Å². The smallest absolute Gasteiger partial charge is 0.344 e. The highest BCUT2D eigenvalue weighted by Gasteiger charge is 2.46. The third-order valence-corrected chi connectivity index (χ3v) is 4.55. The molecule has 2 heterocycles. The largest absolute Gasteiger partial charge is 0.408 e. The summed E-state index contributed by atoms with van der Waals surface area (Å²) in [5.74, 6) is -2.18. The van der Waals surface area contributed by atoms with E-state index in [1.165, 1.54) is 5.57 Å². The van der Waals surface area contributed by atoms with Crippen molar-refractivity contribution in [2.45, 2.75) is 52.3 Å². The van der Waals surface area contributed by atoms with E-state index in [0.29, 0.717) is 13.1 Å². The summed E-state index contributed by atoms with van der Waals surface area (Å²) in [7, 11) is 0. The highest BCUT2D eigenvalue weighted by molar-refractivity contribution is 6.01. The second-order valence-corrected chi connectivity index (χ2v) is 7.25. The first-order valence-electron chi connectivity index (χ1n) is 7.85. The van der Waals surface area contributed by atoms with Crippen molar-refractivity contribution in [2.75, 3.05) is 13.1 Å². The van der Waals surface area contributed by atoms with Crippen LogP contribution < -0.4 is 5.32 Å². The van der Waals surface area contributed by atoms with Gasteiger partial charge < -0.3 is 10.2 Å². The van der Waals surface area contributed by atoms with Crippen LogP contribution in [0.3, 0.4) is 0 Å². The maximum absolute atomic E-state index is 12.6. The Morgan fingerprint density at radius 2 is 1.91 bits per heavy atom. The Morgan fingerprint density at radius 1 is 1.26 bits per heavy atom. The Labute approximate surface area is 134 Å². The standard InChI is InChI=1S/C16H23F3N2O2/c1-15(2,3)10-6-8-21(9-7-10)14(23)11-4-5-12(16(17,18)19)20-13(11)22/h6,11-12H,4-5,7-9H2,1-3H3,(H,20,22)/t11-,12+/m1/s1. The molecule has 2 rings (SSSR count). The molecule has 0 unspecified atom stereocenters. The minimum Gasteiger partial charge on any atom is -0.344 e. The third-order valence-electron chi connectivity index (χ3n) is 4.55. The lowest BCUT2D eigenvalue weighted by atomic mass is 9.82. The van der Waals surface area contributed by atoms with E-state index in [2.05, 4.69) is 20.8 Å². The lowest BCUT2D eigenvalue weighted by Gasteiger charge is -2.36. The first-order chi connectivity index (χ1) is 10.5. The topological polar surface area (TPSA) is 49.4 Å². The molecule has 7 heteroatoms. The van der Waals surface area contributed by atoms with E-state index >= 15 is 0 Å². The van der Waals surface area contributed by atoms with Crippen molar-refractivity contribution < 1.29 is 22.8 Å². The molecule has 23 heavy (non-hydrogen) atoms. The predicted molar refractivity (Wildman–Crippen MR) is 79.4 cm³/mol. The number of hydrogen-bond donors (Lipinski definition) is 1. The van der Waals surface area contributed by atoms with Gasteiger partial charge in [-0.25, -0.2) is 0 Å². The molecule has 2 aliphatic rings. The van der Waals surface area contributed by atoms with E-state index in [1.807, 2.05) is 11.4 Å². The molecule has 0 saturated carbocycles. The molecule has 1 fully saturated rings. The maximum atomic E-state index is 12.6. The van der Waals surface area contributed by atoms with Crippen molar-refractivity contribution in [3.8, 4) is 0 Å². The summed E-state index contributed by atoms with van der Waals surface area (Å²) in [5.41, 5.74) is 1.30. The molecule has 1 saturated heterocycles. The van der Waals surface area contributed by atoms with Gasteiger partial charge in [-0.1, -0.05) is 32.4 Å². The van der Waals surface area contributed by atoms with Crippen LogP contribution in [-0.4, -0.2) is 42.0 Å². The van der Waals surface area contributed by atoms with Crippen LogP contribution in [0.2, 0.25) is 0 Å². The molecule has 1 N–H and O–H groups in total. The highest BCUT2D eigenvalue weighted by Crippen LogP contribution is 2.32. The minimum absolute atomic E-state index is 0.0390. The van der Waals surface area contributed by atoms with E-state index in [9.17, 15) is 22.8 Å². The van der Waals surface area contributed by atoms with E-state index < -0.39 is 24.0 Å². The second-order valence-electron chi connectivity index (χ2n) is 7.25. The molecule has 2 aliphatic heterocycles. The van der Waals surface area contributed by atoms with Crippen molar-refractivity contribution in [3.63, 3.8) is 0 Å². The Balaban J connectivity index is 1.98. The van der Waals surface area contributed by atoms with Gasteiger partial charge in [-0.15, -0.1) is 0 Å². The van der Waals surface area contributed by atoms with E-state index in [0.717, 1.165) is 6.42 Å². The quantitative estimate of drug-likeness (QED) is 0.593. The summed E-state index contributed by atoms with van der Waals surface area (Å²) in [4.78, 5) is 25.9. The summed E-state index contributed by atoms with van der Waals surface area (Å²) in [6, 6.07) is -1.84. The fraction of sp³-hybridized carbons (Fsp3) is 0.750. The number of halogens is 3. The molecule has 0 aromatic rings. The molecule has 0 aliphatic carbocycles. The van der Waals surface area contributed by atoms with Gasteiger partial charge in [0.05, 0.1) is 0 Å². The number of carbonyl (C=O) groups is 2. The number of alkyl halides is 3. The fourth-order valence-corrected chi connectivity index (χ4v) is 3.06. The molecule has 0 bridgehead atoms. The number of nitrogens with zero attached hydrogens (tertiary/aromatic N) is 1. The van der Waals surface area contributed by atoms with Gasteiger partial charge in [0.15, 0.2) is 0 Å². The number of piperidine rings is 1. The SMILES string of the molecule is CC(C)(C)C1=CCN(C(=O)[C@@H]2CC[C@@H](C(F)(F)F)NC2=O)CC1. The lowest BCUT2D eigenvalue weighted by molar-refractivity contribution is -0.172. The second kappa shape index (κ2) is 6.17. The molecule has 0 radical (unpaired) electrons. The molecule has 130 valence electrons. The van der Waals surface area contributed by atoms with Crippen LogP contribution >= 0.6 is 0 Å². The van der Waals surface area contributed by atoms with Gasteiger partial charge in [0, 0.05) is 13.1 Å². The van der Waals surface area contributed by atoms with Gasteiger partial charge in [0.2, 0.25) is 11.8 Å². The van der Waals surface area contributed by atoms with Crippen LogP contribution in [0.25, 0.3) is 0 Å². The zero-order chi connectivity index (χ0) is 17.4. The van der Waals surface area contributed by atoms with E-state index in [-0.39, 0.29) is 24.2 Å². The van der Waals surface area contributed by atoms with Gasteiger partial charge in [-0.2, -0.15) is 13.2 Å². The third kappa shape index (κ3) is 4.06. The number of carbonyl (C=O) groups excluding carboxylic acids is 2. The van der Waals surface area contributed by atoms with Crippen molar-refractivity contribution in [1.82, 2.24) is 10.2 Å². The van der Waals surface area contributed by atoms with Crippen LogP contribution in [-0.2, 0) is 9.59 Å². The normalized spacial score (nSPS) is 26.6. The van der Waals surface area contributed by atoms with Crippen LogP contribution in [0.4, 0.5) is 13.2 Å². The molecule has 0 spiro atoms. The first kappa shape index (κ1) is 17.8. The predicted octanol–water partition coefficient (Wildman–Crippen LogP) is 2.65. The molecule has 0 aromatic heterocycles. The molecule has 2 amide bonds.